The van der Waals surface area contributed by atoms with Crippen LogP contribution in [0, 0.1) is 6.92 Å². The van der Waals surface area contributed by atoms with Crippen LogP contribution < -0.4 is 9.64 Å². The van der Waals surface area contributed by atoms with Crippen LogP contribution in [0.4, 0.5) is 5.82 Å². The van der Waals surface area contributed by atoms with Gasteiger partial charge in [-0.25, -0.2) is 9.97 Å². The highest BCUT2D eigenvalue weighted by atomic mass is 16.5. The maximum absolute atomic E-state index is 5.83. The summed E-state index contributed by atoms with van der Waals surface area (Å²) in [4.78, 5) is 11.8. The molecular weight excluding hydrogens is 238 g/mol. The molecule has 1 atom stereocenters. The number of aromatic nitrogens is 2. The highest BCUT2D eigenvalue weighted by Crippen LogP contribution is 2.35. The molecule has 1 unspecified atom stereocenters. The van der Waals surface area contributed by atoms with Gasteiger partial charge in [0, 0.05) is 6.54 Å². The number of hydrogen-bond acceptors (Lipinski definition) is 4. The zero-order chi connectivity index (χ0) is 12.8. The van der Waals surface area contributed by atoms with Gasteiger partial charge in [-0.2, -0.15) is 0 Å². The first-order valence-corrected chi connectivity index (χ1v) is 6.99. The van der Waals surface area contributed by atoms with Gasteiger partial charge in [-0.05, 0) is 43.9 Å². The van der Waals surface area contributed by atoms with Gasteiger partial charge in [0.25, 0.3) is 5.88 Å². The molecule has 2 aliphatic rings. The fourth-order valence-electron chi connectivity index (χ4n) is 3.05. The van der Waals surface area contributed by atoms with Gasteiger partial charge in [0.15, 0.2) is 5.82 Å². The van der Waals surface area contributed by atoms with Gasteiger partial charge in [-0.15, -0.1) is 0 Å². The van der Waals surface area contributed by atoms with Crippen molar-refractivity contribution < 1.29 is 4.74 Å². The number of rotatable bonds is 0. The summed E-state index contributed by atoms with van der Waals surface area (Å²) in [5.74, 6) is 1.64. The average Bonchev–Trinajstić information content (AvgIpc) is 2.45. The van der Waals surface area contributed by atoms with E-state index in [1.54, 1.807) is 0 Å². The van der Waals surface area contributed by atoms with Crippen LogP contribution in [0.5, 0.6) is 5.88 Å². The number of benzene rings is 1. The van der Waals surface area contributed by atoms with E-state index in [2.05, 4.69) is 28.9 Å². The first-order valence-electron chi connectivity index (χ1n) is 6.99. The lowest BCUT2D eigenvalue weighted by Crippen LogP contribution is -2.46. The molecule has 1 fully saturated rings. The van der Waals surface area contributed by atoms with E-state index in [1.165, 1.54) is 24.8 Å². The summed E-state index contributed by atoms with van der Waals surface area (Å²) in [7, 11) is 0. The van der Waals surface area contributed by atoms with Gasteiger partial charge in [0.05, 0.1) is 17.1 Å². The number of hydrogen-bond donors (Lipinski definition) is 0. The summed E-state index contributed by atoms with van der Waals surface area (Å²) < 4.78 is 5.83. The minimum Gasteiger partial charge on any atom is -0.473 e. The summed E-state index contributed by atoms with van der Waals surface area (Å²) in [6, 6.07) is 6.68. The molecule has 2 aliphatic heterocycles. The summed E-state index contributed by atoms with van der Waals surface area (Å²) in [5, 5.41) is 0. The Morgan fingerprint density at radius 2 is 2.16 bits per heavy atom. The van der Waals surface area contributed by atoms with Gasteiger partial charge >= 0.3 is 0 Å². The smallest absolute Gasteiger partial charge is 0.258 e. The van der Waals surface area contributed by atoms with Crippen LogP contribution >= 0.6 is 0 Å². The molecule has 0 radical (unpaired) electrons. The Hall–Kier alpha value is -1.84. The van der Waals surface area contributed by atoms with E-state index in [0.717, 1.165) is 30.0 Å². The largest absolute Gasteiger partial charge is 0.473 e. The van der Waals surface area contributed by atoms with Crippen LogP contribution in [0.3, 0.4) is 0 Å². The number of fused-ring (bicyclic) bond motifs is 4. The highest BCUT2D eigenvalue weighted by molar-refractivity contribution is 5.78. The van der Waals surface area contributed by atoms with Crippen molar-refractivity contribution in [1.29, 1.82) is 0 Å². The Morgan fingerprint density at radius 1 is 1.21 bits per heavy atom. The average molecular weight is 255 g/mol. The van der Waals surface area contributed by atoms with Crippen LogP contribution in [-0.2, 0) is 0 Å². The molecule has 0 bridgehead atoms. The molecule has 1 saturated heterocycles. The Balaban J connectivity index is 1.87. The molecule has 0 aliphatic carbocycles. The lowest BCUT2D eigenvalue weighted by atomic mass is 10.0. The number of anilines is 1. The SMILES string of the molecule is Cc1ccc2nc3c(nc2c1)OCC1CCCCN31. The van der Waals surface area contributed by atoms with Gasteiger partial charge in [0.2, 0.25) is 0 Å². The first-order chi connectivity index (χ1) is 9.31. The Morgan fingerprint density at radius 3 is 3.11 bits per heavy atom. The molecule has 1 aromatic heterocycles. The molecule has 1 aromatic carbocycles. The maximum atomic E-state index is 5.83. The van der Waals surface area contributed by atoms with Crippen LogP contribution in [0.25, 0.3) is 11.0 Å². The fourth-order valence-corrected chi connectivity index (χ4v) is 3.05. The number of aryl methyl sites for hydroxylation is 1. The van der Waals surface area contributed by atoms with E-state index in [-0.39, 0.29) is 0 Å². The monoisotopic (exact) mass is 255 g/mol. The quantitative estimate of drug-likeness (QED) is 0.725. The summed E-state index contributed by atoms with van der Waals surface area (Å²) in [6.45, 7) is 3.90. The Kier molecular flexibility index (Phi) is 2.37. The molecule has 0 N–H and O–H groups in total. The van der Waals surface area contributed by atoms with Crippen molar-refractivity contribution in [1.82, 2.24) is 9.97 Å². The molecule has 19 heavy (non-hydrogen) atoms. The fraction of sp³-hybridized carbons (Fsp3) is 0.467. The third-order valence-corrected chi connectivity index (χ3v) is 4.08. The maximum Gasteiger partial charge on any atom is 0.258 e. The van der Waals surface area contributed by atoms with E-state index < -0.39 is 0 Å². The second-order valence-electron chi connectivity index (χ2n) is 5.50. The highest BCUT2D eigenvalue weighted by Gasteiger charge is 2.32. The van der Waals surface area contributed by atoms with Gasteiger partial charge in [0.1, 0.15) is 6.61 Å². The predicted molar refractivity (Wildman–Crippen MR) is 74.8 cm³/mol. The molecule has 0 saturated carbocycles. The number of piperidine rings is 1. The van der Waals surface area contributed by atoms with E-state index in [0.29, 0.717) is 11.9 Å². The van der Waals surface area contributed by atoms with Gasteiger partial charge < -0.3 is 9.64 Å². The van der Waals surface area contributed by atoms with Crippen LogP contribution in [-0.4, -0.2) is 29.2 Å². The van der Waals surface area contributed by atoms with Crippen molar-refractivity contribution in [2.75, 3.05) is 18.1 Å². The Bertz CT molecular complexity index is 641. The van der Waals surface area contributed by atoms with E-state index in [9.17, 15) is 0 Å². The summed E-state index contributed by atoms with van der Waals surface area (Å²) >= 11 is 0. The molecule has 4 nitrogen and oxygen atoms in total. The van der Waals surface area contributed by atoms with Crippen LogP contribution in [0.2, 0.25) is 0 Å². The third kappa shape index (κ3) is 1.74. The second kappa shape index (κ2) is 4.08. The Labute approximate surface area is 112 Å². The lowest BCUT2D eigenvalue weighted by molar-refractivity contribution is 0.230. The van der Waals surface area contributed by atoms with Crippen LogP contribution in [0.1, 0.15) is 24.8 Å². The topological polar surface area (TPSA) is 38.3 Å². The van der Waals surface area contributed by atoms with E-state index in [4.69, 9.17) is 9.72 Å². The van der Waals surface area contributed by atoms with Crippen LogP contribution in [0.15, 0.2) is 18.2 Å². The molecule has 2 aromatic rings. The minimum atomic E-state index is 0.485. The van der Waals surface area contributed by atoms with Crippen molar-refractivity contribution in [3.8, 4) is 5.88 Å². The van der Waals surface area contributed by atoms with E-state index >= 15 is 0 Å². The normalized spacial score (nSPS) is 21.7. The number of nitrogens with zero attached hydrogens (tertiary/aromatic N) is 3. The molecule has 0 amide bonds. The molecule has 0 spiro atoms. The molecular formula is C15H17N3O. The summed E-state index contributed by atoms with van der Waals surface area (Å²) in [6.07, 6.45) is 3.73. The first kappa shape index (κ1) is 11.0. The molecule has 4 heteroatoms. The van der Waals surface area contributed by atoms with Crippen molar-refractivity contribution >= 4 is 16.9 Å². The standard InChI is InChI=1S/C15H17N3O/c1-10-5-6-12-13(8-10)17-15-14(16-12)18-7-3-2-4-11(18)9-19-15/h5-6,8,11H,2-4,7,9H2,1H3. The van der Waals surface area contributed by atoms with Crippen molar-refractivity contribution in [2.45, 2.75) is 32.2 Å². The molecule has 4 rings (SSSR count). The van der Waals surface area contributed by atoms with E-state index in [1.807, 2.05) is 6.07 Å². The minimum absolute atomic E-state index is 0.485. The molecule has 98 valence electrons. The van der Waals surface area contributed by atoms with Gasteiger partial charge in [-0.3, -0.25) is 0 Å². The zero-order valence-electron chi connectivity index (χ0n) is 11.1. The van der Waals surface area contributed by atoms with Crippen molar-refractivity contribution in [3.63, 3.8) is 0 Å². The van der Waals surface area contributed by atoms with Crippen molar-refractivity contribution in [2.24, 2.45) is 0 Å². The zero-order valence-corrected chi connectivity index (χ0v) is 11.1. The summed E-state index contributed by atoms with van der Waals surface area (Å²) in [5.41, 5.74) is 3.08. The van der Waals surface area contributed by atoms with Crippen molar-refractivity contribution in [3.05, 3.63) is 23.8 Å². The molecule has 3 heterocycles. The second-order valence-corrected chi connectivity index (χ2v) is 5.50. The number of ether oxygens (including phenoxy) is 1. The van der Waals surface area contributed by atoms with Gasteiger partial charge in [-0.1, -0.05) is 6.07 Å². The third-order valence-electron chi connectivity index (χ3n) is 4.08. The predicted octanol–water partition coefficient (Wildman–Crippen LogP) is 2.69. The lowest BCUT2D eigenvalue weighted by Gasteiger charge is -2.40.